The molecule has 0 heterocycles. The molecule has 0 spiro atoms. The van der Waals surface area contributed by atoms with Crippen molar-refractivity contribution in [3.05, 3.63) is 12.2 Å². The molecule has 0 bridgehead atoms. The van der Waals surface area contributed by atoms with E-state index in [1.807, 2.05) is 0 Å². The van der Waals surface area contributed by atoms with Gasteiger partial charge in [-0.3, -0.25) is 9.59 Å². The molecule has 35 heavy (non-hydrogen) atoms. The van der Waals surface area contributed by atoms with Gasteiger partial charge in [0.2, 0.25) is 0 Å². The van der Waals surface area contributed by atoms with E-state index in [0.29, 0.717) is 5.78 Å². The molecule has 1 atom stereocenters. The molecule has 0 aromatic rings. The number of Topliss-reactive ketones (excluding diaryl/α,β-unsaturated/α-hetero) is 1. The van der Waals surface area contributed by atoms with Crippen molar-refractivity contribution in [1.82, 2.24) is 0 Å². The number of hydrogen-bond donors (Lipinski definition) is 0. The van der Waals surface area contributed by atoms with E-state index in [9.17, 15) is 9.59 Å². The number of rotatable bonds is 27. The van der Waals surface area contributed by atoms with Crippen LogP contribution in [0.15, 0.2) is 12.2 Å². The SMILES string of the molecule is CCCCCCCCCCCCC(=O)CCCCCCCC=CCC(CCCCCC)OC(C)=O. The quantitative estimate of drug-likeness (QED) is 0.0650. The number of esters is 1. The summed E-state index contributed by atoms with van der Waals surface area (Å²) in [6.07, 6.45) is 33.0. The van der Waals surface area contributed by atoms with Crippen LogP contribution in [0, 0.1) is 0 Å². The van der Waals surface area contributed by atoms with Crippen molar-refractivity contribution in [3.63, 3.8) is 0 Å². The first-order chi connectivity index (χ1) is 17.1. The van der Waals surface area contributed by atoms with Gasteiger partial charge in [0, 0.05) is 26.2 Å². The van der Waals surface area contributed by atoms with E-state index >= 15 is 0 Å². The zero-order chi connectivity index (χ0) is 25.8. The summed E-state index contributed by atoms with van der Waals surface area (Å²) in [6, 6.07) is 0. The Balaban J connectivity index is 3.52. The van der Waals surface area contributed by atoms with Crippen molar-refractivity contribution in [2.75, 3.05) is 0 Å². The van der Waals surface area contributed by atoms with Crippen LogP contribution in [0.5, 0.6) is 0 Å². The molecule has 0 saturated carbocycles. The summed E-state index contributed by atoms with van der Waals surface area (Å²) >= 11 is 0. The average molecular weight is 493 g/mol. The molecule has 0 N–H and O–H groups in total. The van der Waals surface area contributed by atoms with Gasteiger partial charge in [-0.05, 0) is 38.5 Å². The predicted octanol–water partition coefficient (Wildman–Crippen LogP) is 10.4. The lowest BCUT2D eigenvalue weighted by Crippen LogP contribution is -2.15. The van der Waals surface area contributed by atoms with Crippen LogP contribution < -0.4 is 0 Å². The molecule has 1 unspecified atom stereocenters. The average Bonchev–Trinajstić information content (AvgIpc) is 2.83. The molecule has 0 saturated heterocycles. The zero-order valence-corrected chi connectivity index (χ0v) is 23.9. The molecule has 0 aliphatic rings. The van der Waals surface area contributed by atoms with Crippen LogP contribution in [0.25, 0.3) is 0 Å². The minimum absolute atomic E-state index is 0.0402. The number of carbonyl (C=O) groups excluding carboxylic acids is 2. The smallest absolute Gasteiger partial charge is 0.302 e. The van der Waals surface area contributed by atoms with Crippen LogP contribution >= 0.6 is 0 Å². The van der Waals surface area contributed by atoms with Crippen molar-refractivity contribution in [1.29, 1.82) is 0 Å². The van der Waals surface area contributed by atoms with E-state index in [1.54, 1.807) is 0 Å². The molecule has 0 fully saturated rings. The number of carbonyl (C=O) groups is 2. The maximum Gasteiger partial charge on any atom is 0.302 e. The first kappa shape index (κ1) is 33.9. The van der Waals surface area contributed by atoms with Gasteiger partial charge < -0.3 is 4.74 Å². The zero-order valence-electron chi connectivity index (χ0n) is 23.9. The van der Waals surface area contributed by atoms with E-state index in [2.05, 4.69) is 26.0 Å². The second kappa shape index (κ2) is 27.5. The maximum atomic E-state index is 12.1. The molecule has 3 nitrogen and oxygen atoms in total. The fourth-order valence-electron chi connectivity index (χ4n) is 4.67. The van der Waals surface area contributed by atoms with Gasteiger partial charge in [-0.1, -0.05) is 122 Å². The highest BCUT2D eigenvalue weighted by molar-refractivity contribution is 5.78. The van der Waals surface area contributed by atoms with Crippen LogP contribution in [-0.4, -0.2) is 17.9 Å². The van der Waals surface area contributed by atoms with E-state index < -0.39 is 0 Å². The number of unbranched alkanes of at least 4 members (excludes halogenated alkanes) is 17. The Hall–Kier alpha value is -1.12. The van der Waals surface area contributed by atoms with Crippen molar-refractivity contribution in [2.45, 2.75) is 181 Å². The fourth-order valence-corrected chi connectivity index (χ4v) is 4.67. The molecule has 0 aliphatic heterocycles. The van der Waals surface area contributed by atoms with Crippen LogP contribution in [0.2, 0.25) is 0 Å². The Labute approximate surface area is 219 Å². The maximum absolute atomic E-state index is 12.1. The first-order valence-electron chi connectivity index (χ1n) is 15.4. The second-order valence-corrected chi connectivity index (χ2v) is 10.6. The van der Waals surface area contributed by atoms with E-state index in [-0.39, 0.29) is 12.1 Å². The number of ether oxygens (including phenoxy) is 1. The molecule has 0 radical (unpaired) electrons. The van der Waals surface area contributed by atoms with Gasteiger partial charge >= 0.3 is 5.97 Å². The minimum atomic E-state index is -0.166. The molecule has 0 aromatic heterocycles. The Bertz CT molecular complexity index is 497. The fraction of sp³-hybridized carbons (Fsp3) is 0.875. The largest absolute Gasteiger partial charge is 0.462 e. The minimum Gasteiger partial charge on any atom is -0.462 e. The molecule has 0 aromatic carbocycles. The topological polar surface area (TPSA) is 43.4 Å². The molecule has 0 rings (SSSR count). The number of allylic oxidation sites excluding steroid dienone is 1. The van der Waals surface area contributed by atoms with Crippen molar-refractivity contribution < 1.29 is 14.3 Å². The number of hydrogen-bond acceptors (Lipinski definition) is 3. The van der Waals surface area contributed by atoms with Gasteiger partial charge in [0.1, 0.15) is 11.9 Å². The van der Waals surface area contributed by atoms with Crippen molar-refractivity contribution >= 4 is 11.8 Å². The highest BCUT2D eigenvalue weighted by atomic mass is 16.5. The third kappa shape index (κ3) is 27.3. The lowest BCUT2D eigenvalue weighted by atomic mass is 10.0. The first-order valence-corrected chi connectivity index (χ1v) is 15.4. The Kier molecular flexibility index (Phi) is 26.6. The van der Waals surface area contributed by atoms with Gasteiger partial charge in [-0.25, -0.2) is 0 Å². The molecule has 206 valence electrons. The summed E-state index contributed by atoms with van der Waals surface area (Å²) in [5.74, 6) is 0.311. The van der Waals surface area contributed by atoms with Crippen molar-refractivity contribution in [2.24, 2.45) is 0 Å². The molecule has 0 aliphatic carbocycles. The normalized spacial score (nSPS) is 12.3. The van der Waals surface area contributed by atoms with Crippen LogP contribution in [0.4, 0.5) is 0 Å². The van der Waals surface area contributed by atoms with Gasteiger partial charge in [0.25, 0.3) is 0 Å². The monoisotopic (exact) mass is 492 g/mol. The molecule has 0 amide bonds. The Morgan fingerprint density at radius 3 is 1.57 bits per heavy atom. The summed E-state index contributed by atoms with van der Waals surface area (Å²) in [7, 11) is 0. The standard InChI is InChI=1S/C32H60O3/c1-4-6-8-10-11-12-13-16-19-22-26-31(34)27-23-20-17-14-15-18-21-25-29-32(35-30(3)33)28-24-9-7-5-2/h21,25,32H,4-20,22-24,26-29H2,1-3H3. The Morgan fingerprint density at radius 1 is 0.600 bits per heavy atom. The summed E-state index contributed by atoms with van der Waals surface area (Å²) in [6.45, 7) is 5.99. The molecular formula is C32H60O3. The third-order valence-corrected chi connectivity index (χ3v) is 6.91. The second-order valence-electron chi connectivity index (χ2n) is 10.6. The predicted molar refractivity (Wildman–Crippen MR) is 152 cm³/mol. The molecular weight excluding hydrogens is 432 g/mol. The van der Waals surface area contributed by atoms with Gasteiger partial charge in [0.05, 0.1) is 0 Å². The van der Waals surface area contributed by atoms with Gasteiger partial charge in [-0.2, -0.15) is 0 Å². The summed E-state index contributed by atoms with van der Waals surface area (Å²) < 4.78 is 5.47. The molecule has 3 heteroatoms. The van der Waals surface area contributed by atoms with E-state index in [0.717, 1.165) is 51.4 Å². The lowest BCUT2D eigenvalue weighted by Gasteiger charge is -2.15. The van der Waals surface area contributed by atoms with Crippen LogP contribution in [-0.2, 0) is 14.3 Å². The highest BCUT2D eigenvalue weighted by Gasteiger charge is 2.09. The van der Waals surface area contributed by atoms with E-state index in [1.165, 1.54) is 110 Å². The van der Waals surface area contributed by atoms with Crippen LogP contribution in [0.1, 0.15) is 175 Å². The van der Waals surface area contributed by atoms with Crippen LogP contribution in [0.3, 0.4) is 0 Å². The summed E-state index contributed by atoms with van der Waals surface area (Å²) in [5, 5.41) is 0. The lowest BCUT2D eigenvalue weighted by molar-refractivity contribution is -0.146. The number of ketones is 1. The Morgan fingerprint density at radius 2 is 1.06 bits per heavy atom. The van der Waals surface area contributed by atoms with Gasteiger partial charge in [-0.15, -0.1) is 0 Å². The van der Waals surface area contributed by atoms with E-state index in [4.69, 9.17) is 4.74 Å². The highest BCUT2D eigenvalue weighted by Crippen LogP contribution is 2.15. The van der Waals surface area contributed by atoms with Crippen molar-refractivity contribution in [3.8, 4) is 0 Å². The third-order valence-electron chi connectivity index (χ3n) is 6.91. The van der Waals surface area contributed by atoms with Gasteiger partial charge in [0.15, 0.2) is 0 Å². The summed E-state index contributed by atoms with van der Waals surface area (Å²) in [5.41, 5.74) is 0. The summed E-state index contributed by atoms with van der Waals surface area (Å²) in [4.78, 5) is 23.4.